The maximum Gasteiger partial charge on any atom is 0.0918 e. The molecular formula is C15H31N3. The van der Waals surface area contributed by atoms with Gasteiger partial charge in [0.2, 0.25) is 0 Å². The molecule has 3 nitrogen and oxygen atoms in total. The van der Waals surface area contributed by atoms with Crippen LogP contribution in [0.2, 0.25) is 0 Å². The Kier molecular flexibility index (Phi) is 8.06. The minimum atomic E-state index is 0.334. The summed E-state index contributed by atoms with van der Waals surface area (Å²) in [5.41, 5.74) is 5.44. The van der Waals surface area contributed by atoms with Gasteiger partial charge in [-0.05, 0) is 25.8 Å². The molecule has 0 bridgehead atoms. The van der Waals surface area contributed by atoms with Crippen molar-refractivity contribution in [2.45, 2.75) is 77.2 Å². The highest BCUT2D eigenvalue weighted by molar-refractivity contribution is 5.76. The zero-order valence-corrected chi connectivity index (χ0v) is 12.1. The topological polar surface area (TPSA) is 53.1 Å². The van der Waals surface area contributed by atoms with Gasteiger partial charge in [0.1, 0.15) is 0 Å². The summed E-state index contributed by atoms with van der Waals surface area (Å²) < 4.78 is 0. The van der Waals surface area contributed by atoms with Gasteiger partial charge >= 0.3 is 0 Å². The van der Waals surface area contributed by atoms with Crippen molar-refractivity contribution in [3.05, 3.63) is 0 Å². The number of rotatable bonds is 12. The fraction of sp³-hybridized carbons (Fsp3) is 0.933. The van der Waals surface area contributed by atoms with E-state index < -0.39 is 0 Å². The summed E-state index contributed by atoms with van der Waals surface area (Å²) in [4.78, 5) is 2.55. The van der Waals surface area contributed by atoms with Gasteiger partial charge in [0.05, 0.1) is 5.84 Å². The molecule has 0 unspecified atom stereocenters. The van der Waals surface area contributed by atoms with Crippen LogP contribution in [0.25, 0.3) is 0 Å². The predicted molar refractivity (Wildman–Crippen MR) is 79.1 cm³/mol. The highest BCUT2D eigenvalue weighted by atomic mass is 15.2. The SMILES string of the molecule is CCCCCCCCCN(CCC(=N)N)C1CC1. The first-order chi connectivity index (χ1) is 8.74. The smallest absolute Gasteiger partial charge is 0.0918 e. The lowest BCUT2D eigenvalue weighted by atomic mass is 10.1. The van der Waals surface area contributed by atoms with E-state index in [0.29, 0.717) is 5.84 Å². The number of nitrogens with zero attached hydrogens (tertiary/aromatic N) is 1. The lowest BCUT2D eigenvalue weighted by Gasteiger charge is -2.21. The van der Waals surface area contributed by atoms with Crippen LogP contribution in [-0.2, 0) is 0 Å². The van der Waals surface area contributed by atoms with Crippen LogP contribution in [0, 0.1) is 5.41 Å². The van der Waals surface area contributed by atoms with Crippen LogP contribution in [0.1, 0.15) is 71.1 Å². The van der Waals surface area contributed by atoms with Gasteiger partial charge in [-0.15, -0.1) is 0 Å². The molecule has 0 aromatic carbocycles. The molecule has 1 aliphatic carbocycles. The Bertz CT molecular complexity index is 224. The minimum absolute atomic E-state index is 0.334. The lowest BCUT2D eigenvalue weighted by molar-refractivity contribution is 0.263. The van der Waals surface area contributed by atoms with Crippen LogP contribution >= 0.6 is 0 Å². The van der Waals surface area contributed by atoms with Crippen LogP contribution < -0.4 is 5.73 Å². The molecule has 3 heteroatoms. The largest absolute Gasteiger partial charge is 0.388 e. The van der Waals surface area contributed by atoms with Crippen molar-refractivity contribution >= 4 is 5.84 Å². The monoisotopic (exact) mass is 253 g/mol. The third-order valence-corrected chi connectivity index (χ3v) is 3.78. The van der Waals surface area contributed by atoms with E-state index in [9.17, 15) is 0 Å². The van der Waals surface area contributed by atoms with E-state index in [1.165, 1.54) is 64.3 Å². The normalized spacial score (nSPS) is 15.2. The zero-order valence-electron chi connectivity index (χ0n) is 12.1. The second-order valence-electron chi connectivity index (χ2n) is 5.66. The molecule has 1 aliphatic rings. The number of nitrogens with one attached hydrogen (secondary N) is 1. The number of nitrogens with two attached hydrogens (primary N) is 1. The van der Waals surface area contributed by atoms with Gasteiger partial charge in [0.15, 0.2) is 0 Å². The van der Waals surface area contributed by atoms with E-state index in [1.54, 1.807) is 0 Å². The summed E-state index contributed by atoms with van der Waals surface area (Å²) in [6, 6.07) is 0.810. The van der Waals surface area contributed by atoms with Gasteiger partial charge in [-0.3, -0.25) is 10.3 Å². The Morgan fingerprint density at radius 3 is 2.22 bits per heavy atom. The molecule has 1 saturated carbocycles. The van der Waals surface area contributed by atoms with Gasteiger partial charge < -0.3 is 5.73 Å². The molecule has 106 valence electrons. The highest BCUT2D eigenvalue weighted by Crippen LogP contribution is 2.27. The van der Waals surface area contributed by atoms with Crippen LogP contribution in [0.15, 0.2) is 0 Å². The highest BCUT2D eigenvalue weighted by Gasteiger charge is 2.27. The molecule has 0 heterocycles. The molecule has 0 atom stereocenters. The maximum atomic E-state index is 7.31. The van der Waals surface area contributed by atoms with Crippen LogP contribution in [0.5, 0.6) is 0 Å². The number of amidine groups is 1. The fourth-order valence-electron chi connectivity index (χ4n) is 2.45. The average Bonchev–Trinajstić information content (AvgIpc) is 3.15. The second kappa shape index (κ2) is 9.37. The summed E-state index contributed by atoms with van der Waals surface area (Å²) in [5, 5.41) is 7.31. The number of hydrogen-bond acceptors (Lipinski definition) is 2. The van der Waals surface area contributed by atoms with Crippen LogP contribution in [-0.4, -0.2) is 29.9 Å². The van der Waals surface area contributed by atoms with Crippen molar-refractivity contribution in [3.8, 4) is 0 Å². The first-order valence-electron chi connectivity index (χ1n) is 7.81. The van der Waals surface area contributed by atoms with Crippen molar-refractivity contribution < 1.29 is 0 Å². The molecule has 3 N–H and O–H groups in total. The van der Waals surface area contributed by atoms with Crippen molar-refractivity contribution in [1.29, 1.82) is 5.41 Å². The Labute approximate surface area is 113 Å². The van der Waals surface area contributed by atoms with E-state index in [1.807, 2.05) is 0 Å². The molecule has 1 rings (SSSR count). The van der Waals surface area contributed by atoms with Crippen LogP contribution in [0.4, 0.5) is 0 Å². The van der Waals surface area contributed by atoms with Gasteiger partial charge in [-0.25, -0.2) is 0 Å². The minimum Gasteiger partial charge on any atom is -0.388 e. The van der Waals surface area contributed by atoms with Gasteiger partial charge in [0, 0.05) is 19.0 Å². The first-order valence-corrected chi connectivity index (χ1v) is 7.81. The summed E-state index contributed by atoms with van der Waals surface area (Å²) >= 11 is 0. The average molecular weight is 253 g/mol. The van der Waals surface area contributed by atoms with Crippen molar-refractivity contribution in [2.24, 2.45) is 5.73 Å². The van der Waals surface area contributed by atoms with Crippen molar-refractivity contribution in [1.82, 2.24) is 4.90 Å². The van der Waals surface area contributed by atoms with E-state index in [0.717, 1.165) is 19.0 Å². The first kappa shape index (κ1) is 15.5. The van der Waals surface area contributed by atoms with Crippen molar-refractivity contribution in [3.63, 3.8) is 0 Å². The molecule has 0 radical (unpaired) electrons. The Morgan fingerprint density at radius 2 is 1.67 bits per heavy atom. The summed E-state index contributed by atoms with van der Waals surface area (Å²) in [6.07, 6.45) is 13.1. The molecule has 0 aromatic heterocycles. The summed E-state index contributed by atoms with van der Waals surface area (Å²) in [6.45, 7) is 4.48. The van der Waals surface area contributed by atoms with E-state index in [4.69, 9.17) is 11.1 Å². The molecule has 0 aliphatic heterocycles. The molecule has 1 fully saturated rings. The molecular weight excluding hydrogens is 222 g/mol. The van der Waals surface area contributed by atoms with Crippen molar-refractivity contribution in [2.75, 3.05) is 13.1 Å². The molecule has 0 aromatic rings. The zero-order chi connectivity index (χ0) is 13.2. The lowest BCUT2D eigenvalue weighted by Crippen LogP contribution is -2.30. The van der Waals surface area contributed by atoms with E-state index in [-0.39, 0.29) is 0 Å². The Morgan fingerprint density at radius 1 is 1.06 bits per heavy atom. The quantitative estimate of drug-likeness (QED) is 0.317. The molecule has 0 amide bonds. The van der Waals surface area contributed by atoms with Gasteiger partial charge in [-0.1, -0.05) is 45.4 Å². The Balaban J connectivity index is 1.98. The standard InChI is InChI=1S/C15H31N3/c1-2-3-4-5-6-7-8-12-18(14-9-10-14)13-11-15(16)17/h14H,2-13H2,1H3,(H3,16,17). The molecule has 0 spiro atoms. The number of hydrogen-bond donors (Lipinski definition) is 2. The predicted octanol–water partition coefficient (Wildman–Crippen LogP) is 3.53. The maximum absolute atomic E-state index is 7.31. The third kappa shape index (κ3) is 7.70. The summed E-state index contributed by atoms with van der Waals surface area (Å²) in [7, 11) is 0. The van der Waals surface area contributed by atoms with Crippen LogP contribution in [0.3, 0.4) is 0 Å². The number of unbranched alkanes of at least 4 members (excludes halogenated alkanes) is 6. The van der Waals surface area contributed by atoms with E-state index >= 15 is 0 Å². The van der Waals surface area contributed by atoms with Gasteiger partial charge in [0.25, 0.3) is 0 Å². The molecule has 0 saturated heterocycles. The summed E-state index contributed by atoms with van der Waals surface area (Å²) in [5.74, 6) is 0.334. The van der Waals surface area contributed by atoms with Gasteiger partial charge in [-0.2, -0.15) is 0 Å². The third-order valence-electron chi connectivity index (χ3n) is 3.78. The Hall–Kier alpha value is -0.570. The second-order valence-corrected chi connectivity index (χ2v) is 5.66. The fourth-order valence-corrected chi connectivity index (χ4v) is 2.45. The molecule has 18 heavy (non-hydrogen) atoms. The van der Waals surface area contributed by atoms with E-state index in [2.05, 4.69) is 11.8 Å².